The van der Waals surface area contributed by atoms with Crippen LogP contribution in [0.4, 0.5) is 5.95 Å². The molecule has 1 aromatic carbocycles. The van der Waals surface area contributed by atoms with Crippen LogP contribution in [0.1, 0.15) is 12.6 Å². The summed E-state index contributed by atoms with van der Waals surface area (Å²) in [5.74, 6) is 1.34. The second kappa shape index (κ2) is 5.23. The number of imidazole rings is 1. The van der Waals surface area contributed by atoms with Crippen LogP contribution in [0.2, 0.25) is 0 Å². The molecule has 90 valence electrons. The second-order valence-electron chi connectivity index (χ2n) is 3.57. The van der Waals surface area contributed by atoms with Crippen molar-refractivity contribution >= 4 is 21.9 Å². The highest BCUT2D eigenvalue weighted by atomic mass is 79.9. The van der Waals surface area contributed by atoms with E-state index in [1.807, 2.05) is 35.8 Å². The lowest BCUT2D eigenvalue weighted by Crippen LogP contribution is -2.07. The first kappa shape index (κ1) is 12.0. The Morgan fingerprint density at radius 1 is 1.41 bits per heavy atom. The van der Waals surface area contributed by atoms with Crippen molar-refractivity contribution in [3.63, 3.8) is 0 Å². The molecule has 2 N–H and O–H groups in total. The smallest absolute Gasteiger partial charge is 0.200 e. The minimum atomic E-state index is 0.459. The predicted octanol–water partition coefficient (Wildman–Crippen LogP) is 2.83. The number of benzene rings is 1. The number of rotatable bonds is 4. The molecule has 0 saturated heterocycles. The highest BCUT2D eigenvalue weighted by Gasteiger charge is 2.07. The van der Waals surface area contributed by atoms with E-state index >= 15 is 0 Å². The van der Waals surface area contributed by atoms with Crippen LogP contribution in [0.5, 0.6) is 5.75 Å². The highest BCUT2D eigenvalue weighted by Crippen LogP contribution is 2.24. The molecule has 2 rings (SSSR count). The molecular weight excluding hydrogens is 282 g/mol. The maximum Gasteiger partial charge on any atom is 0.200 e. The van der Waals surface area contributed by atoms with Crippen LogP contribution in [0.15, 0.2) is 34.9 Å². The molecule has 0 fully saturated rings. The van der Waals surface area contributed by atoms with Gasteiger partial charge in [0.25, 0.3) is 0 Å². The first-order valence-corrected chi connectivity index (χ1v) is 6.19. The molecule has 4 nitrogen and oxygen atoms in total. The van der Waals surface area contributed by atoms with Crippen LogP contribution in [0.3, 0.4) is 0 Å². The topological polar surface area (TPSA) is 53.1 Å². The SMILES string of the molecule is CCn1c(COc2ccccc2Br)cnc1N. The third-order valence-electron chi connectivity index (χ3n) is 2.50. The second-order valence-corrected chi connectivity index (χ2v) is 4.43. The Hall–Kier alpha value is -1.49. The number of aromatic nitrogens is 2. The van der Waals surface area contributed by atoms with Crippen LogP contribution in [-0.4, -0.2) is 9.55 Å². The molecule has 0 saturated carbocycles. The molecule has 1 heterocycles. The molecule has 1 aromatic heterocycles. The maximum absolute atomic E-state index is 5.74. The van der Waals surface area contributed by atoms with Gasteiger partial charge in [0.2, 0.25) is 0 Å². The first-order valence-electron chi connectivity index (χ1n) is 5.39. The lowest BCUT2D eigenvalue weighted by molar-refractivity contribution is 0.294. The summed E-state index contributed by atoms with van der Waals surface area (Å²) in [6.07, 6.45) is 1.75. The number of nitrogen functional groups attached to an aromatic ring is 1. The minimum absolute atomic E-state index is 0.459. The van der Waals surface area contributed by atoms with Crippen molar-refractivity contribution in [1.82, 2.24) is 9.55 Å². The zero-order valence-corrected chi connectivity index (χ0v) is 11.1. The Bertz CT molecular complexity index is 510. The fraction of sp³-hybridized carbons (Fsp3) is 0.250. The molecule has 0 amide bonds. The largest absolute Gasteiger partial charge is 0.486 e. The van der Waals surface area contributed by atoms with Gasteiger partial charge in [-0.3, -0.25) is 0 Å². The van der Waals surface area contributed by atoms with Crippen molar-refractivity contribution in [2.24, 2.45) is 0 Å². The van der Waals surface area contributed by atoms with Gasteiger partial charge in [0.1, 0.15) is 12.4 Å². The van der Waals surface area contributed by atoms with Crippen molar-refractivity contribution in [2.75, 3.05) is 5.73 Å². The summed E-state index contributed by atoms with van der Waals surface area (Å²) < 4.78 is 8.58. The van der Waals surface area contributed by atoms with Crippen LogP contribution >= 0.6 is 15.9 Å². The van der Waals surface area contributed by atoms with Gasteiger partial charge in [0.05, 0.1) is 16.4 Å². The Balaban J connectivity index is 2.10. The van der Waals surface area contributed by atoms with E-state index in [2.05, 4.69) is 20.9 Å². The van der Waals surface area contributed by atoms with Gasteiger partial charge in [-0.2, -0.15) is 0 Å². The monoisotopic (exact) mass is 295 g/mol. The van der Waals surface area contributed by atoms with E-state index in [1.54, 1.807) is 6.20 Å². The van der Waals surface area contributed by atoms with Crippen molar-refractivity contribution in [3.8, 4) is 5.75 Å². The summed E-state index contributed by atoms with van der Waals surface area (Å²) >= 11 is 3.44. The molecule has 0 bridgehead atoms. The number of hydrogen-bond donors (Lipinski definition) is 1. The summed E-state index contributed by atoms with van der Waals surface area (Å²) in [5.41, 5.74) is 6.71. The summed E-state index contributed by atoms with van der Waals surface area (Å²) in [5, 5.41) is 0. The molecule has 0 aliphatic rings. The van der Waals surface area contributed by atoms with Crippen LogP contribution < -0.4 is 10.5 Å². The Kier molecular flexibility index (Phi) is 3.68. The fourth-order valence-corrected chi connectivity index (χ4v) is 2.02. The van der Waals surface area contributed by atoms with Crippen molar-refractivity contribution in [3.05, 3.63) is 40.6 Å². The maximum atomic E-state index is 5.74. The number of hydrogen-bond acceptors (Lipinski definition) is 3. The molecular formula is C12H14BrN3O. The molecule has 0 unspecified atom stereocenters. The van der Waals surface area contributed by atoms with Gasteiger partial charge in [0.15, 0.2) is 5.95 Å². The quantitative estimate of drug-likeness (QED) is 0.944. The summed E-state index contributed by atoms with van der Waals surface area (Å²) in [6, 6.07) is 7.75. The minimum Gasteiger partial charge on any atom is -0.486 e. The molecule has 17 heavy (non-hydrogen) atoms. The lowest BCUT2D eigenvalue weighted by Gasteiger charge is -2.10. The number of para-hydroxylation sites is 1. The van der Waals surface area contributed by atoms with Crippen molar-refractivity contribution < 1.29 is 4.74 Å². The van der Waals surface area contributed by atoms with Crippen LogP contribution in [0.25, 0.3) is 0 Å². The van der Waals surface area contributed by atoms with E-state index in [1.165, 1.54) is 0 Å². The number of halogens is 1. The van der Waals surface area contributed by atoms with Gasteiger partial charge in [-0.1, -0.05) is 12.1 Å². The van der Waals surface area contributed by atoms with E-state index in [4.69, 9.17) is 10.5 Å². The fourth-order valence-electron chi connectivity index (χ4n) is 1.62. The molecule has 5 heteroatoms. The molecule has 0 atom stereocenters. The Labute approximate surface area is 109 Å². The Morgan fingerprint density at radius 2 is 2.18 bits per heavy atom. The zero-order valence-electron chi connectivity index (χ0n) is 9.56. The van der Waals surface area contributed by atoms with E-state index in [0.717, 1.165) is 22.5 Å². The van der Waals surface area contributed by atoms with Gasteiger partial charge in [-0.05, 0) is 35.0 Å². The first-order chi connectivity index (χ1) is 8.22. The third kappa shape index (κ3) is 2.61. The molecule has 2 aromatic rings. The molecule has 0 aliphatic carbocycles. The summed E-state index contributed by atoms with van der Waals surface area (Å²) in [4.78, 5) is 4.07. The number of ether oxygens (including phenoxy) is 1. The van der Waals surface area contributed by atoms with E-state index in [-0.39, 0.29) is 0 Å². The average Bonchev–Trinajstić information content (AvgIpc) is 2.69. The molecule has 0 radical (unpaired) electrons. The average molecular weight is 296 g/mol. The van der Waals surface area contributed by atoms with Crippen LogP contribution in [0, 0.1) is 0 Å². The number of anilines is 1. The van der Waals surface area contributed by atoms with Gasteiger partial charge in [0, 0.05) is 6.54 Å². The molecule has 0 spiro atoms. The van der Waals surface area contributed by atoms with Gasteiger partial charge in [-0.25, -0.2) is 4.98 Å². The van der Waals surface area contributed by atoms with Crippen molar-refractivity contribution in [1.29, 1.82) is 0 Å². The van der Waals surface area contributed by atoms with Gasteiger partial charge >= 0.3 is 0 Å². The van der Waals surface area contributed by atoms with E-state index in [9.17, 15) is 0 Å². The van der Waals surface area contributed by atoms with E-state index < -0.39 is 0 Å². The summed E-state index contributed by atoms with van der Waals surface area (Å²) in [6.45, 7) is 3.28. The van der Waals surface area contributed by atoms with Gasteiger partial charge in [-0.15, -0.1) is 0 Å². The predicted molar refractivity (Wildman–Crippen MR) is 70.8 cm³/mol. The highest BCUT2D eigenvalue weighted by molar-refractivity contribution is 9.10. The Morgan fingerprint density at radius 3 is 2.88 bits per heavy atom. The molecule has 0 aliphatic heterocycles. The standard InChI is InChI=1S/C12H14BrN3O/c1-2-16-9(7-15-12(16)14)8-17-11-6-4-3-5-10(11)13/h3-7H,2,8H2,1H3,(H2,14,15). The van der Waals surface area contributed by atoms with E-state index in [0.29, 0.717) is 12.6 Å². The number of nitrogens with two attached hydrogens (primary N) is 1. The lowest BCUT2D eigenvalue weighted by atomic mass is 10.3. The zero-order chi connectivity index (χ0) is 12.3. The van der Waals surface area contributed by atoms with Gasteiger partial charge < -0.3 is 15.0 Å². The van der Waals surface area contributed by atoms with Crippen molar-refractivity contribution in [2.45, 2.75) is 20.1 Å². The summed E-state index contributed by atoms with van der Waals surface area (Å²) in [7, 11) is 0. The normalized spacial score (nSPS) is 10.5. The van der Waals surface area contributed by atoms with Crippen LogP contribution in [-0.2, 0) is 13.2 Å². The third-order valence-corrected chi connectivity index (χ3v) is 3.15. The number of nitrogens with zero attached hydrogens (tertiary/aromatic N) is 2.